The van der Waals surface area contributed by atoms with Crippen LogP contribution in [0.25, 0.3) is 22.2 Å². The second-order valence-corrected chi connectivity index (χ2v) is 9.62. The van der Waals surface area contributed by atoms with Crippen molar-refractivity contribution in [2.75, 3.05) is 5.32 Å². The highest BCUT2D eigenvalue weighted by Crippen LogP contribution is 2.30. The summed E-state index contributed by atoms with van der Waals surface area (Å²) in [6.45, 7) is 8.10. The number of carbonyl (C=O) groups excluding carboxylic acids is 1. The van der Waals surface area contributed by atoms with Crippen LogP contribution in [0.5, 0.6) is 0 Å². The second-order valence-electron chi connectivity index (χ2n) is 7.40. The molecule has 1 N–H and O–H groups in total. The quantitative estimate of drug-likeness (QED) is 0.370. The van der Waals surface area contributed by atoms with Gasteiger partial charge in [-0.3, -0.25) is 4.79 Å². The molecular weight excluding hydrogens is 410 g/mol. The number of thioether (sulfide) groups is 1. The summed E-state index contributed by atoms with van der Waals surface area (Å²) in [5.74, 6) is -0.0749. The topological polar surface area (TPSA) is 54.9 Å². The molecule has 1 atom stereocenters. The fourth-order valence-electron chi connectivity index (χ4n) is 3.22. The van der Waals surface area contributed by atoms with Gasteiger partial charge in [0.2, 0.25) is 5.91 Å². The third-order valence-electron chi connectivity index (χ3n) is 4.97. The molecule has 0 aliphatic carbocycles. The molecule has 0 saturated carbocycles. The first kappa shape index (κ1) is 20.6. The van der Waals surface area contributed by atoms with E-state index in [9.17, 15) is 4.79 Å². The number of nitrogens with zero attached hydrogens (tertiary/aromatic N) is 2. The van der Waals surface area contributed by atoms with E-state index < -0.39 is 0 Å². The Kier molecular flexibility index (Phi) is 5.88. The molecule has 2 heterocycles. The van der Waals surface area contributed by atoms with Gasteiger partial charge in [-0.2, -0.15) is 0 Å². The van der Waals surface area contributed by atoms with Gasteiger partial charge in [0.1, 0.15) is 0 Å². The smallest absolute Gasteiger partial charge is 0.239 e. The number of hydrogen-bond donors (Lipinski definition) is 1. The lowest BCUT2D eigenvalue weighted by molar-refractivity contribution is -0.115. The first-order valence-electron chi connectivity index (χ1n) is 9.78. The number of carbonyl (C=O) groups is 1. The van der Waals surface area contributed by atoms with Gasteiger partial charge in [0.25, 0.3) is 0 Å². The van der Waals surface area contributed by atoms with E-state index in [0.29, 0.717) is 5.13 Å². The minimum atomic E-state index is -0.287. The van der Waals surface area contributed by atoms with Crippen LogP contribution in [0.3, 0.4) is 0 Å². The summed E-state index contributed by atoms with van der Waals surface area (Å²) in [6, 6.07) is 16.5. The molecule has 1 amide bonds. The number of para-hydroxylation sites is 1. The number of fused-ring (bicyclic) bond motifs is 1. The highest BCUT2D eigenvalue weighted by atomic mass is 32.2. The number of aryl methyl sites for hydroxylation is 3. The average molecular weight is 434 g/mol. The van der Waals surface area contributed by atoms with Crippen LogP contribution in [-0.4, -0.2) is 21.1 Å². The van der Waals surface area contributed by atoms with E-state index in [0.717, 1.165) is 32.7 Å². The Morgan fingerprint density at radius 1 is 1.03 bits per heavy atom. The van der Waals surface area contributed by atoms with Crippen LogP contribution in [0.15, 0.2) is 58.9 Å². The van der Waals surface area contributed by atoms with Crippen LogP contribution >= 0.6 is 23.1 Å². The second kappa shape index (κ2) is 8.58. The van der Waals surface area contributed by atoms with Crippen molar-refractivity contribution in [3.8, 4) is 11.3 Å². The SMILES string of the molecule is Cc1ccc(-c2csc(NC(=O)C(C)Sc3cc(C)c4cccc(C)c4n3)n2)cc1. The number of aromatic nitrogens is 2. The molecule has 0 fully saturated rings. The third kappa shape index (κ3) is 4.40. The van der Waals surface area contributed by atoms with Gasteiger partial charge in [-0.05, 0) is 44.9 Å². The van der Waals surface area contributed by atoms with Gasteiger partial charge >= 0.3 is 0 Å². The number of hydrogen-bond acceptors (Lipinski definition) is 5. The first-order valence-corrected chi connectivity index (χ1v) is 11.5. The lowest BCUT2D eigenvalue weighted by Gasteiger charge is -2.12. The van der Waals surface area contributed by atoms with Gasteiger partial charge in [-0.15, -0.1) is 11.3 Å². The molecule has 6 heteroatoms. The first-order chi connectivity index (χ1) is 14.4. The Hall–Kier alpha value is -2.70. The van der Waals surface area contributed by atoms with Gasteiger partial charge < -0.3 is 5.32 Å². The van der Waals surface area contributed by atoms with Crippen LogP contribution < -0.4 is 5.32 Å². The molecule has 30 heavy (non-hydrogen) atoms. The van der Waals surface area contributed by atoms with E-state index in [1.807, 2.05) is 30.5 Å². The van der Waals surface area contributed by atoms with Crippen LogP contribution in [0.4, 0.5) is 5.13 Å². The summed E-state index contributed by atoms with van der Waals surface area (Å²) < 4.78 is 0. The van der Waals surface area contributed by atoms with Crippen LogP contribution in [0.2, 0.25) is 0 Å². The molecular formula is C24H23N3OS2. The predicted octanol–water partition coefficient (Wildman–Crippen LogP) is 6.40. The number of thiazole rings is 1. The van der Waals surface area contributed by atoms with Crippen molar-refractivity contribution in [3.05, 3.63) is 70.6 Å². The molecule has 4 rings (SSSR count). The molecule has 1 unspecified atom stereocenters. The van der Waals surface area contributed by atoms with Crippen LogP contribution in [-0.2, 0) is 4.79 Å². The van der Waals surface area contributed by atoms with Crippen molar-refractivity contribution in [2.45, 2.75) is 38.0 Å². The van der Waals surface area contributed by atoms with Crippen molar-refractivity contribution in [3.63, 3.8) is 0 Å². The zero-order valence-corrected chi connectivity index (χ0v) is 19.0. The minimum Gasteiger partial charge on any atom is -0.301 e. The zero-order chi connectivity index (χ0) is 21.3. The maximum Gasteiger partial charge on any atom is 0.239 e. The molecule has 0 aliphatic heterocycles. The van der Waals surface area contributed by atoms with Crippen molar-refractivity contribution in [2.24, 2.45) is 0 Å². The highest BCUT2D eigenvalue weighted by Gasteiger charge is 2.18. The molecule has 0 bridgehead atoms. The molecule has 152 valence electrons. The third-order valence-corrected chi connectivity index (χ3v) is 6.75. The van der Waals surface area contributed by atoms with E-state index in [4.69, 9.17) is 4.98 Å². The summed E-state index contributed by atoms with van der Waals surface area (Å²) in [5, 5.41) is 7.25. The van der Waals surface area contributed by atoms with Gasteiger partial charge in [-0.25, -0.2) is 9.97 Å². The molecule has 2 aromatic heterocycles. The highest BCUT2D eigenvalue weighted by molar-refractivity contribution is 8.00. The number of pyridine rings is 1. The van der Waals surface area contributed by atoms with E-state index in [-0.39, 0.29) is 11.2 Å². The summed E-state index contributed by atoms with van der Waals surface area (Å²) >= 11 is 2.91. The van der Waals surface area contributed by atoms with E-state index >= 15 is 0 Å². The van der Waals surface area contributed by atoms with Crippen molar-refractivity contribution in [1.82, 2.24) is 9.97 Å². The van der Waals surface area contributed by atoms with Gasteiger partial charge in [-0.1, -0.05) is 59.8 Å². The Balaban J connectivity index is 1.46. The van der Waals surface area contributed by atoms with E-state index in [1.165, 1.54) is 34.2 Å². The van der Waals surface area contributed by atoms with Crippen molar-refractivity contribution < 1.29 is 4.79 Å². The van der Waals surface area contributed by atoms with Gasteiger partial charge in [0.15, 0.2) is 5.13 Å². The standard InChI is InChI=1S/C24H23N3OS2/c1-14-8-10-18(11-9-14)20-13-29-24(25-20)27-23(28)17(4)30-21-12-16(3)19-7-5-6-15(2)22(19)26-21/h5-13,17H,1-4H3,(H,25,27,28). The van der Waals surface area contributed by atoms with E-state index in [1.54, 1.807) is 0 Å². The number of rotatable bonds is 5. The van der Waals surface area contributed by atoms with Gasteiger partial charge in [0.05, 0.1) is 21.5 Å². The number of amides is 1. The predicted molar refractivity (Wildman–Crippen MR) is 127 cm³/mol. The Morgan fingerprint density at radius 3 is 2.57 bits per heavy atom. The van der Waals surface area contributed by atoms with Crippen molar-refractivity contribution in [1.29, 1.82) is 0 Å². The summed E-state index contributed by atoms with van der Waals surface area (Å²) in [5.41, 5.74) is 6.43. The molecule has 4 aromatic rings. The van der Waals surface area contributed by atoms with Gasteiger partial charge in [0, 0.05) is 16.3 Å². The maximum absolute atomic E-state index is 12.7. The number of anilines is 1. The molecule has 0 aliphatic rings. The number of nitrogens with one attached hydrogen (secondary N) is 1. The molecule has 2 aromatic carbocycles. The maximum atomic E-state index is 12.7. The van der Waals surface area contributed by atoms with Crippen LogP contribution in [0.1, 0.15) is 23.6 Å². The zero-order valence-electron chi connectivity index (χ0n) is 17.4. The lowest BCUT2D eigenvalue weighted by Crippen LogP contribution is -2.22. The average Bonchev–Trinajstić information content (AvgIpc) is 3.18. The lowest BCUT2D eigenvalue weighted by atomic mass is 10.1. The molecule has 0 saturated heterocycles. The monoisotopic (exact) mass is 433 g/mol. The summed E-state index contributed by atoms with van der Waals surface area (Å²) in [6.07, 6.45) is 0. The summed E-state index contributed by atoms with van der Waals surface area (Å²) in [7, 11) is 0. The Morgan fingerprint density at radius 2 is 1.80 bits per heavy atom. The normalized spacial score (nSPS) is 12.1. The Labute approximate surface area is 184 Å². The molecule has 4 nitrogen and oxygen atoms in total. The fraction of sp³-hybridized carbons (Fsp3) is 0.208. The fourth-order valence-corrected chi connectivity index (χ4v) is 4.86. The Bertz CT molecular complexity index is 1220. The molecule has 0 radical (unpaired) electrons. The van der Waals surface area contributed by atoms with Crippen molar-refractivity contribution >= 4 is 45.0 Å². The summed E-state index contributed by atoms with van der Waals surface area (Å²) in [4.78, 5) is 22.1. The van der Waals surface area contributed by atoms with Crippen LogP contribution in [0, 0.1) is 20.8 Å². The molecule has 0 spiro atoms. The number of benzene rings is 2. The largest absolute Gasteiger partial charge is 0.301 e. The van der Waals surface area contributed by atoms with E-state index in [2.05, 4.69) is 61.4 Å². The minimum absolute atomic E-state index is 0.0749.